The van der Waals surface area contributed by atoms with Crippen molar-refractivity contribution in [2.45, 2.75) is 25.5 Å². The quantitative estimate of drug-likeness (QED) is 0.531. The number of H-pyrrole nitrogens is 1. The van der Waals surface area contributed by atoms with Crippen molar-refractivity contribution in [1.82, 2.24) is 15.2 Å². The zero-order valence-electron chi connectivity index (χ0n) is 16.3. The van der Waals surface area contributed by atoms with E-state index in [2.05, 4.69) is 20.5 Å². The highest BCUT2D eigenvalue weighted by Gasteiger charge is 2.16. The SMILES string of the molecule is Cl.NCc1nc(-c2ccc(NC(=O)c3ccc(OCC4CCCO4)cc3)cc2)n[nH]1. The minimum absolute atomic E-state index is 0. The number of aromatic nitrogens is 3. The molecule has 1 saturated heterocycles. The summed E-state index contributed by atoms with van der Waals surface area (Å²) in [5, 5.41) is 9.78. The standard InChI is InChI=1S/C21H23N5O3.ClH/c22-12-19-24-20(26-25-19)14-3-7-16(8-4-14)23-21(27)15-5-9-17(10-6-15)29-13-18-2-1-11-28-18;/h3-10,18H,1-2,11-13,22H2,(H,23,27)(H,24,25,26);1H. The monoisotopic (exact) mass is 429 g/mol. The Morgan fingerprint density at radius 3 is 2.60 bits per heavy atom. The molecule has 0 bridgehead atoms. The lowest BCUT2D eigenvalue weighted by Crippen LogP contribution is -2.16. The lowest BCUT2D eigenvalue weighted by Gasteiger charge is -2.12. The van der Waals surface area contributed by atoms with Gasteiger partial charge in [0.15, 0.2) is 5.82 Å². The molecule has 158 valence electrons. The summed E-state index contributed by atoms with van der Waals surface area (Å²) in [6, 6.07) is 14.4. The first-order valence-electron chi connectivity index (χ1n) is 9.59. The zero-order valence-corrected chi connectivity index (χ0v) is 17.2. The Balaban J connectivity index is 0.00000256. The van der Waals surface area contributed by atoms with Gasteiger partial charge >= 0.3 is 0 Å². The number of carbonyl (C=O) groups is 1. The third-order valence-corrected chi connectivity index (χ3v) is 4.70. The van der Waals surface area contributed by atoms with Gasteiger partial charge in [-0.1, -0.05) is 0 Å². The Bertz CT molecular complexity index is 954. The fourth-order valence-corrected chi connectivity index (χ4v) is 3.09. The summed E-state index contributed by atoms with van der Waals surface area (Å²) in [7, 11) is 0. The maximum Gasteiger partial charge on any atom is 0.255 e. The van der Waals surface area contributed by atoms with Gasteiger partial charge in [0.2, 0.25) is 0 Å². The van der Waals surface area contributed by atoms with Crippen LogP contribution in [0.3, 0.4) is 0 Å². The van der Waals surface area contributed by atoms with Gasteiger partial charge in [0, 0.05) is 23.4 Å². The van der Waals surface area contributed by atoms with Crippen LogP contribution in [0.4, 0.5) is 5.69 Å². The molecule has 8 nitrogen and oxygen atoms in total. The van der Waals surface area contributed by atoms with E-state index in [1.54, 1.807) is 24.3 Å². The van der Waals surface area contributed by atoms with Crippen LogP contribution in [-0.4, -0.2) is 40.4 Å². The highest BCUT2D eigenvalue weighted by Crippen LogP contribution is 2.20. The van der Waals surface area contributed by atoms with Gasteiger partial charge in [0.25, 0.3) is 5.91 Å². The van der Waals surface area contributed by atoms with E-state index in [4.69, 9.17) is 15.2 Å². The van der Waals surface area contributed by atoms with Crippen molar-refractivity contribution < 1.29 is 14.3 Å². The van der Waals surface area contributed by atoms with Crippen LogP contribution < -0.4 is 15.8 Å². The van der Waals surface area contributed by atoms with Crippen LogP contribution in [0.1, 0.15) is 29.0 Å². The third kappa shape index (κ3) is 5.35. The lowest BCUT2D eigenvalue weighted by atomic mass is 10.1. The third-order valence-electron chi connectivity index (χ3n) is 4.70. The molecule has 3 aromatic rings. The number of hydrogen-bond donors (Lipinski definition) is 3. The maximum atomic E-state index is 12.5. The van der Waals surface area contributed by atoms with E-state index < -0.39 is 0 Å². The van der Waals surface area contributed by atoms with Crippen LogP contribution in [0, 0.1) is 0 Å². The molecule has 2 aromatic carbocycles. The molecule has 1 aromatic heterocycles. The van der Waals surface area contributed by atoms with Gasteiger partial charge in [-0.05, 0) is 61.4 Å². The molecule has 1 fully saturated rings. The number of anilines is 1. The van der Waals surface area contributed by atoms with Crippen LogP contribution in [0.25, 0.3) is 11.4 Å². The molecule has 0 saturated carbocycles. The van der Waals surface area contributed by atoms with Crippen molar-refractivity contribution in [1.29, 1.82) is 0 Å². The van der Waals surface area contributed by atoms with E-state index in [9.17, 15) is 4.79 Å². The summed E-state index contributed by atoms with van der Waals surface area (Å²) in [5.74, 6) is 1.74. The Labute approximate surface area is 180 Å². The highest BCUT2D eigenvalue weighted by molar-refractivity contribution is 6.04. The van der Waals surface area contributed by atoms with Crippen LogP contribution in [0.2, 0.25) is 0 Å². The number of ether oxygens (including phenoxy) is 2. The van der Waals surface area contributed by atoms with E-state index in [0.29, 0.717) is 36.1 Å². The molecule has 4 rings (SSSR count). The first-order chi connectivity index (χ1) is 14.2. The molecule has 1 atom stereocenters. The molecular formula is C21H24ClN5O3. The molecule has 1 aliphatic rings. The first-order valence-corrected chi connectivity index (χ1v) is 9.59. The molecule has 1 aliphatic heterocycles. The number of rotatable bonds is 7. The zero-order chi connectivity index (χ0) is 20.1. The summed E-state index contributed by atoms with van der Waals surface area (Å²) < 4.78 is 11.3. The number of amides is 1. The predicted octanol–water partition coefficient (Wildman–Crippen LogP) is 3.16. The van der Waals surface area contributed by atoms with Crippen molar-refractivity contribution in [2.24, 2.45) is 5.73 Å². The number of benzene rings is 2. The summed E-state index contributed by atoms with van der Waals surface area (Å²) in [6.45, 7) is 1.65. The van der Waals surface area contributed by atoms with E-state index >= 15 is 0 Å². The van der Waals surface area contributed by atoms with E-state index in [-0.39, 0.29) is 24.4 Å². The average molecular weight is 430 g/mol. The van der Waals surface area contributed by atoms with Crippen LogP contribution in [0.5, 0.6) is 5.75 Å². The summed E-state index contributed by atoms with van der Waals surface area (Å²) >= 11 is 0. The van der Waals surface area contributed by atoms with Gasteiger partial charge in [-0.15, -0.1) is 12.4 Å². The van der Waals surface area contributed by atoms with Crippen LogP contribution >= 0.6 is 12.4 Å². The fraction of sp³-hybridized carbons (Fsp3) is 0.286. The molecule has 0 spiro atoms. The molecule has 9 heteroatoms. The van der Waals surface area contributed by atoms with Crippen molar-refractivity contribution in [3.05, 3.63) is 59.9 Å². The number of halogens is 1. The molecule has 2 heterocycles. The number of nitrogens with two attached hydrogens (primary N) is 1. The maximum absolute atomic E-state index is 12.5. The summed E-state index contributed by atoms with van der Waals surface area (Å²) in [5.41, 5.74) is 7.62. The highest BCUT2D eigenvalue weighted by atomic mass is 35.5. The van der Waals surface area contributed by atoms with Gasteiger partial charge in [0.05, 0.1) is 12.6 Å². The summed E-state index contributed by atoms with van der Waals surface area (Å²) in [4.78, 5) is 16.8. The first kappa shape index (κ1) is 21.8. The molecule has 30 heavy (non-hydrogen) atoms. The number of nitrogens with zero attached hydrogens (tertiary/aromatic N) is 2. The second-order valence-corrected chi connectivity index (χ2v) is 6.81. The minimum atomic E-state index is -0.188. The normalized spacial score (nSPS) is 15.4. The number of carbonyl (C=O) groups excluding carboxylic acids is 1. The Morgan fingerprint density at radius 1 is 1.20 bits per heavy atom. The Kier molecular flexibility index (Phi) is 7.40. The van der Waals surface area contributed by atoms with E-state index in [0.717, 1.165) is 30.8 Å². The molecular weight excluding hydrogens is 406 g/mol. The van der Waals surface area contributed by atoms with Crippen molar-refractivity contribution in [3.8, 4) is 17.1 Å². The van der Waals surface area contributed by atoms with Crippen LogP contribution in [0.15, 0.2) is 48.5 Å². The van der Waals surface area contributed by atoms with Crippen molar-refractivity contribution in [3.63, 3.8) is 0 Å². The topological polar surface area (TPSA) is 115 Å². The van der Waals surface area contributed by atoms with Crippen molar-refractivity contribution >= 4 is 24.0 Å². The Hall–Kier alpha value is -2.94. The molecule has 0 aliphatic carbocycles. The summed E-state index contributed by atoms with van der Waals surface area (Å²) in [6.07, 6.45) is 2.28. The fourth-order valence-electron chi connectivity index (χ4n) is 3.09. The smallest absolute Gasteiger partial charge is 0.255 e. The Morgan fingerprint density at radius 2 is 1.97 bits per heavy atom. The van der Waals surface area contributed by atoms with Gasteiger partial charge in [0.1, 0.15) is 18.2 Å². The lowest BCUT2D eigenvalue weighted by molar-refractivity contribution is 0.0679. The van der Waals surface area contributed by atoms with E-state index in [1.807, 2.05) is 24.3 Å². The van der Waals surface area contributed by atoms with Gasteiger partial charge in [-0.2, -0.15) is 5.10 Å². The number of aromatic amines is 1. The van der Waals surface area contributed by atoms with E-state index in [1.165, 1.54) is 0 Å². The predicted molar refractivity (Wildman–Crippen MR) is 116 cm³/mol. The largest absolute Gasteiger partial charge is 0.491 e. The van der Waals surface area contributed by atoms with Gasteiger partial charge in [-0.3, -0.25) is 9.89 Å². The van der Waals surface area contributed by atoms with Crippen LogP contribution in [-0.2, 0) is 11.3 Å². The minimum Gasteiger partial charge on any atom is -0.491 e. The van der Waals surface area contributed by atoms with Crippen molar-refractivity contribution in [2.75, 3.05) is 18.5 Å². The van der Waals surface area contributed by atoms with Gasteiger partial charge < -0.3 is 20.5 Å². The second-order valence-electron chi connectivity index (χ2n) is 6.81. The average Bonchev–Trinajstić information content (AvgIpc) is 3.45. The number of hydrogen-bond acceptors (Lipinski definition) is 6. The molecule has 4 N–H and O–H groups in total. The molecule has 1 unspecified atom stereocenters. The molecule has 1 amide bonds. The second kappa shape index (κ2) is 10.2. The van der Waals surface area contributed by atoms with Gasteiger partial charge in [-0.25, -0.2) is 4.98 Å². The number of nitrogens with one attached hydrogen (secondary N) is 2. The molecule has 0 radical (unpaired) electrons.